The Morgan fingerprint density at radius 3 is 2.84 bits per heavy atom. The number of likely N-dealkylation sites (N-methyl/N-ethyl adjacent to an activating group) is 1. The summed E-state index contributed by atoms with van der Waals surface area (Å²) in [6.45, 7) is 4.66. The van der Waals surface area contributed by atoms with Crippen molar-refractivity contribution in [1.82, 2.24) is 14.9 Å². The van der Waals surface area contributed by atoms with Crippen molar-refractivity contribution in [2.75, 3.05) is 19.0 Å². The third kappa shape index (κ3) is 3.60. The van der Waals surface area contributed by atoms with Crippen LogP contribution in [0.15, 0.2) is 11.4 Å². The molecular formula is C12H19N5OS. The number of fused-ring (bicyclic) bond motifs is 1. The average Bonchev–Trinajstić information content (AvgIpc) is 2.73. The molecule has 0 saturated heterocycles. The molecule has 19 heavy (non-hydrogen) atoms. The number of nitrogens with zero attached hydrogens (tertiary/aromatic N) is 3. The van der Waals surface area contributed by atoms with Gasteiger partial charge in [-0.05, 0) is 32.3 Å². The summed E-state index contributed by atoms with van der Waals surface area (Å²) in [5, 5.41) is 12.7. The molecular weight excluding hydrogens is 262 g/mol. The summed E-state index contributed by atoms with van der Waals surface area (Å²) in [7, 11) is 1.93. The highest BCUT2D eigenvalue weighted by atomic mass is 32.1. The van der Waals surface area contributed by atoms with Crippen molar-refractivity contribution in [3.8, 4) is 0 Å². The Morgan fingerprint density at radius 2 is 2.21 bits per heavy atom. The first-order valence-corrected chi connectivity index (χ1v) is 6.88. The van der Waals surface area contributed by atoms with Crippen LogP contribution in [0.2, 0.25) is 0 Å². The number of hydrogen-bond acceptors (Lipinski definition) is 7. The van der Waals surface area contributed by atoms with Crippen molar-refractivity contribution in [3.63, 3.8) is 0 Å². The van der Waals surface area contributed by atoms with Crippen molar-refractivity contribution in [1.29, 1.82) is 0 Å². The summed E-state index contributed by atoms with van der Waals surface area (Å²) in [4.78, 5) is 11.8. The molecule has 2 rings (SSSR count). The van der Waals surface area contributed by atoms with Crippen LogP contribution < -0.4 is 11.3 Å². The molecule has 6 nitrogen and oxygen atoms in total. The number of nitrogens with two attached hydrogens (primary N) is 1. The molecule has 0 aliphatic rings. The fourth-order valence-corrected chi connectivity index (χ4v) is 2.82. The van der Waals surface area contributed by atoms with E-state index in [-0.39, 0.29) is 0 Å². The number of hydrogen-bond donors (Lipinski definition) is 3. The third-order valence-electron chi connectivity index (χ3n) is 2.58. The lowest BCUT2D eigenvalue weighted by Crippen LogP contribution is -2.36. The standard InChI is InChI=1S/C12H19N5OS/c1-12(2,18)7-17(3)6-9-14-10(16-13)8-4-5-19-11(8)15-9/h4-5,18H,6-7,13H2,1-3H3,(H,14,15,16). The van der Waals surface area contributed by atoms with Crippen LogP contribution in [0, 0.1) is 0 Å². The predicted molar refractivity (Wildman–Crippen MR) is 77.9 cm³/mol. The van der Waals surface area contributed by atoms with Crippen LogP contribution in [0.4, 0.5) is 5.82 Å². The fourth-order valence-electron chi connectivity index (χ4n) is 2.04. The van der Waals surface area contributed by atoms with Crippen LogP contribution in [0.3, 0.4) is 0 Å². The first-order chi connectivity index (χ1) is 8.89. The maximum absolute atomic E-state index is 9.79. The summed E-state index contributed by atoms with van der Waals surface area (Å²) < 4.78 is 0. The van der Waals surface area contributed by atoms with Crippen molar-refractivity contribution in [3.05, 3.63) is 17.3 Å². The van der Waals surface area contributed by atoms with Gasteiger partial charge in [-0.3, -0.25) is 4.90 Å². The van der Waals surface area contributed by atoms with Gasteiger partial charge < -0.3 is 10.5 Å². The van der Waals surface area contributed by atoms with Crippen LogP contribution in [0.25, 0.3) is 10.2 Å². The second kappa shape index (κ2) is 5.38. The van der Waals surface area contributed by atoms with Crippen molar-refractivity contribution in [2.45, 2.75) is 26.0 Å². The zero-order chi connectivity index (χ0) is 14.0. The molecule has 0 fully saturated rings. The normalized spacial score (nSPS) is 12.3. The van der Waals surface area contributed by atoms with Gasteiger partial charge in [-0.25, -0.2) is 15.8 Å². The lowest BCUT2D eigenvalue weighted by atomic mass is 10.1. The molecule has 0 atom stereocenters. The zero-order valence-corrected chi connectivity index (χ0v) is 12.2. The average molecular weight is 281 g/mol. The van der Waals surface area contributed by atoms with E-state index in [0.29, 0.717) is 24.7 Å². The summed E-state index contributed by atoms with van der Waals surface area (Å²) in [6, 6.07) is 1.94. The highest BCUT2D eigenvalue weighted by Crippen LogP contribution is 2.24. The second-order valence-corrected chi connectivity index (χ2v) is 6.15. The molecule has 0 bridgehead atoms. The molecule has 0 amide bonds. The van der Waals surface area contributed by atoms with E-state index in [1.807, 2.05) is 23.4 Å². The molecule has 7 heteroatoms. The van der Waals surface area contributed by atoms with E-state index < -0.39 is 5.60 Å². The highest BCUT2D eigenvalue weighted by molar-refractivity contribution is 7.16. The quantitative estimate of drug-likeness (QED) is 0.563. The largest absolute Gasteiger partial charge is 0.389 e. The Morgan fingerprint density at radius 1 is 1.47 bits per heavy atom. The molecule has 2 aromatic rings. The molecule has 0 spiro atoms. The molecule has 0 aromatic carbocycles. The molecule has 0 aliphatic carbocycles. The third-order valence-corrected chi connectivity index (χ3v) is 3.38. The van der Waals surface area contributed by atoms with Gasteiger partial charge in [-0.2, -0.15) is 0 Å². The summed E-state index contributed by atoms with van der Waals surface area (Å²) in [6.07, 6.45) is 0. The number of nitrogen functional groups attached to an aromatic ring is 1. The smallest absolute Gasteiger partial charge is 0.152 e. The number of rotatable bonds is 5. The first kappa shape index (κ1) is 14.1. The minimum atomic E-state index is -0.739. The molecule has 0 saturated carbocycles. The topological polar surface area (TPSA) is 87.3 Å². The van der Waals surface area contributed by atoms with E-state index in [0.717, 1.165) is 10.2 Å². The zero-order valence-electron chi connectivity index (χ0n) is 11.3. The Balaban J connectivity index is 2.21. The molecule has 0 unspecified atom stereocenters. The Labute approximate surface area is 116 Å². The van der Waals surface area contributed by atoms with Crippen LogP contribution in [0.5, 0.6) is 0 Å². The number of anilines is 1. The lowest BCUT2D eigenvalue weighted by molar-refractivity contribution is 0.0418. The van der Waals surface area contributed by atoms with Gasteiger partial charge in [0.15, 0.2) is 5.82 Å². The van der Waals surface area contributed by atoms with Gasteiger partial charge in [0.05, 0.1) is 17.5 Å². The molecule has 0 aliphatic heterocycles. The van der Waals surface area contributed by atoms with Crippen LogP contribution in [-0.2, 0) is 6.54 Å². The van der Waals surface area contributed by atoms with E-state index in [9.17, 15) is 5.11 Å². The van der Waals surface area contributed by atoms with Crippen LogP contribution in [0.1, 0.15) is 19.7 Å². The van der Waals surface area contributed by atoms with Gasteiger partial charge in [-0.15, -0.1) is 11.3 Å². The van der Waals surface area contributed by atoms with Crippen LogP contribution in [-0.4, -0.2) is 39.2 Å². The molecule has 2 aromatic heterocycles. The summed E-state index contributed by atoms with van der Waals surface area (Å²) in [5.74, 6) is 6.81. The Kier molecular flexibility index (Phi) is 4.00. The fraction of sp³-hybridized carbons (Fsp3) is 0.500. The molecule has 104 valence electrons. The molecule has 4 N–H and O–H groups in total. The van der Waals surface area contributed by atoms with E-state index in [1.54, 1.807) is 25.2 Å². The van der Waals surface area contributed by atoms with Gasteiger partial charge >= 0.3 is 0 Å². The van der Waals surface area contributed by atoms with E-state index in [2.05, 4.69) is 15.4 Å². The van der Waals surface area contributed by atoms with Crippen molar-refractivity contribution < 1.29 is 5.11 Å². The lowest BCUT2D eigenvalue weighted by Gasteiger charge is -2.24. The van der Waals surface area contributed by atoms with E-state index in [4.69, 9.17) is 5.84 Å². The number of nitrogens with one attached hydrogen (secondary N) is 1. The highest BCUT2D eigenvalue weighted by Gasteiger charge is 2.17. The number of thiophene rings is 1. The van der Waals surface area contributed by atoms with Gasteiger partial charge in [0, 0.05) is 6.54 Å². The second-order valence-electron chi connectivity index (χ2n) is 5.26. The minimum Gasteiger partial charge on any atom is -0.389 e. The molecule has 0 radical (unpaired) electrons. The number of aromatic nitrogens is 2. The Hall–Kier alpha value is -1.28. The summed E-state index contributed by atoms with van der Waals surface area (Å²) in [5.41, 5.74) is 1.87. The van der Waals surface area contributed by atoms with Gasteiger partial charge in [0.1, 0.15) is 10.7 Å². The minimum absolute atomic E-state index is 0.546. The first-order valence-electron chi connectivity index (χ1n) is 6.01. The SMILES string of the molecule is CN(Cc1nc(NN)c2ccsc2n1)CC(C)(C)O. The van der Waals surface area contributed by atoms with Crippen molar-refractivity contribution >= 4 is 27.4 Å². The monoisotopic (exact) mass is 281 g/mol. The van der Waals surface area contributed by atoms with E-state index >= 15 is 0 Å². The van der Waals surface area contributed by atoms with Gasteiger partial charge in [-0.1, -0.05) is 0 Å². The number of hydrazine groups is 1. The maximum atomic E-state index is 9.79. The maximum Gasteiger partial charge on any atom is 0.152 e. The van der Waals surface area contributed by atoms with Gasteiger partial charge in [0.2, 0.25) is 0 Å². The van der Waals surface area contributed by atoms with E-state index in [1.165, 1.54) is 0 Å². The van der Waals surface area contributed by atoms with Crippen LogP contribution >= 0.6 is 11.3 Å². The van der Waals surface area contributed by atoms with Crippen molar-refractivity contribution in [2.24, 2.45) is 5.84 Å². The summed E-state index contributed by atoms with van der Waals surface area (Å²) >= 11 is 1.56. The number of aliphatic hydroxyl groups is 1. The Bertz CT molecular complexity index is 563. The van der Waals surface area contributed by atoms with Gasteiger partial charge in [0.25, 0.3) is 0 Å². The molecule has 2 heterocycles. The predicted octanol–water partition coefficient (Wildman–Crippen LogP) is 1.18.